The minimum Gasteiger partial charge on any atom is -0.478 e. The second-order valence-electron chi connectivity index (χ2n) is 12.0. The van der Waals surface area contributed by atoms with Gasteiger partial charge >= 0.3 is 11.9 Å². The highest BCUT2D eigenvalue weighted by Crippen LogP contribution is 2.31. The van der Waals surface area contributed by atoms with Crippen LogP contribution in [-0.4, -0.2) is 72.4 Å². The second-order valence-corrected chi connectivity index (χ2v) is 12.0. The zero-order valence-electron chi connectivity index (χ0n) is 24.6. The van der Waals surface area contributed by atoms with Crippen molar-refractivity contribution in [3.05, 3.63) is 23.8 Å². The van der Waals surface area contributed by atoms with Crippen LogP contribution in [0.15, 0.2) is 18.2 Å². The third-order valence-electron chi connectivity index (χ3n) is 6.07. The van der Waals surface area contributed by atoms with Crippen molar-refractivity contribution in [1.29, 1.82) is 5.41 Å². The number of rotatable bonds is 11. The summed E-state index contributed by atoms with van der Waals surface area (Å²) < 4.78 is 21.8. The zero-order valence-corrected chi connectivity index (χ0v) is 24.6. The molecule has 0 bridgehead atoms. The summed E-state index contributed by atoms with van der Waals surface area (Å²) in [5, 5.41) is 7.61. The number of amides is 1. The number of amidine groups is 1. The van der Waals surface area contributed by atoms with Gasteiger partial charge in [-0.25, -0.2) is 9.59 Å². The summed E-state index contributed by atoms with van der Waals surface area (Å²) in [7, 11) is 1.58. The molecule has 0 saturated heterocycles. The number of Topliss-reactive ketones (excluding diaryl/α,β-unsaturated/α-hetero) is 1. The predicted molar refractivity (Wildman–Crippen MR) is 148 cm³/mol. The number of hydrogen-bond donors (Lipinski definition) is 2. The van der Waals surface area contributed by atoms with Gasteiger partial charge in [-0.15, -0.1) is 0 Å². The summed E-state index contributed by atoms with van der Waals surface area (Å²) >= 11 is 0. The predicted octanol–water partition coefficient (Wildman–Crippen LogP) is 3.51. The summed E-state index contributed by atoms with van der Waals surface area (Å²) in [6.07, 6.45) is 2.59. The van der Waals surface area contributed by atoms with E-state index in [1.54, 1.807) is 48.6 Å². The van der Waals surface area contributed by atoms with E-state index in [0.717, 1.165) is 0 Å². The van der Waals surface area contributed by atoms with E-state index in [2.05, 4.69) is 0 Å². The highest BCUT2D eigenvalue weighted by atomic mass is 16.6. The first-order valence-corrected chi connectivity index (χ1v) is 13.4. The normalized spacial score (nSPS) is 17.4. The van der Waals surface area contributed by atoms with Crippen molar-refractivity contribution in [3.8, 4) is 11.5 Å². The lowest BCUT2D eigenvalue weighted by atomic mass is 9.81. The Morgan fingerprint density at radius 3 is 1.80 bits per heavy atom. The minimum absolute atomic E-state index is 0.00569. The van der Waals surface area contributed by atoms with Crippen LogP contribution in [0.4, 0.5) is 0 Å². The number of carbonyl (C=O) groups is 4. The van der Waals surface area contributed by atoms with Crippen LogP contribution in [0.5, 0.6) is 11.5 Å². The summed E-state index contributed by atoms with van der Waals surface area (Å²) in [5.74, 6) is -1.54. The standard InChI is InChI=1S/C29H43N3O8/c1-28(2,3)39-24(34)16-37-22-13-12-20(14-23(22)38-17-25(35)40-29(4,5)6)21(33)15-32(7)27(36)19-10-8-18(9-11-19)26(30)31/h12-14,18-19H,8-11,15-17H2,1-7H3,(H3,30,31). The van der Waals surface area contributed by atoms with Crippen LogP contribution >= 0.6 is 0 Å². The number of esters is 2. The molecule has 0 spiro atoms. The van der Waals surface area contributed by atoms with E-state index in [1.165, 1.54) is 23.1 Å². The Kier molecular flexibility index (Phi) is 11.1. The summed E-state index contributed by atoms with van der Waals surface area (Å²) in [6, 6.07) is 4.38. The lowest BCUT2D eigenvalue weighted by Crippen LogP contribution is -2.39. The van der Waals surface area contributed by atoms with Crippen LogP contribution in [-0.2, 0) is 23.9 Å². The Morgan fingerprint density at radius 2 is 1.32 bits per heavy atom. The van der Waals surface area contributed by atoms with E-state index < -0.39 is 36.4 Å². The van der Waals surface area contributed by atoms with Crippen LogP contribution in [0, 0.1) is 17.2 Å². The summed E-state index contributed by atoms with van der Waals surface area (Å²) in [5.41, 5.74) is 4.44. The number of benzene rings is 1. The molecule has 1 aromatic carbocycles. The first kappa shape index (κ1) is 32.6. The summed E-state index contributed by atoms with van der Waals surface area (Å²) in [6.45, 7) is 9.38. The molecule has 0 radical (unpaired) electrons. The Balaban J connectivity index is 2.12. The fourth-order valence-corrected chi connectivity index (χ4v) is 4.28. The van der Waals surface area contributed by atoms with Gasteiger partial charge < -0.3 is 29.6 Å². The van der Waals surface area contributed by atoms with E-state index >= 15 is 0 Å². The molecule has 2 rings (SSSR count). The van der Waals surface area contributed by atoms with Crippen molar-refractivity contribution in [2.24, 2.45) is 17.6 Å². The fourth-order valence-electron chi connectivity index (χ4n) is 4.28. The van der Waals surface area contributed by atoms with Gasteiger partial charge in [0.25, 0.3) is 0 Å². The number of nitrogens with zero attached hydrogens (tertiary/aromatic N) is 1. The maximum Gasteiger partial charge on any atom is 0.344 e. The SMILES string of the molecule is CN(CC(=O)c1ccc(OCC(=O)OC(C)(C)C)c(OCC(=O)OC(C)(C)C)c1)C(=O)C1CCC(C(=N)N)CC1. The van der Waals surface area contributed by atoms with Crippen molar-refractivity contribution in [1.82, 2.24) is 4.90 Å². The lowest BCUT2D eigenvalue weighted by molar-refractivity contribution is -0.158. The molecule has 0 atom stereocenters. The topological polar surface area (TPSA) is 158 Å². The van der Waals surface area contributed by atoms with E-state index in [0.29, 0.717) is 25.7 Å². The maximum absolute atomic E-state index is 13.1. The van der Waals surface area contributed by atoms with Gasteiger partial charge in [-0.1, -0.05) is 0 Å². The smallest absolute Gasteiger partial charge is 0.344 e. The van der Waals surface area contributed by atoms with Crippen LogP contribution in [0.2, 0.25) is 0 Å². The van der Waals surface area contributed by atoms with Gasteiger partial charge in [-0.2, -0.15) is 0 Å². The molecule has 11 heteroatoms. The van der Waals surface area contributed by atoms with Gasteiger partial charge in [0, 0.05) is 24.4 Å². The highest BCUT2D eigenvalue weighted by Gasteiger charge is 2.30. The number of nitrogens with one attached hydrogen (secondary N) is 1. The summed E-state index contributed by atoms with van der Waals surface area (Å²) in [4.78, 5) is 51.8. The molecule has 1 aliphatic rings. The lowest BCUT2D eigenvalue weighted by Gasteiger charge is -2.29. The highest BCUT2D eigenvalue weighted by molar-refractivity contribution is 6.00. The molecule has 0 aliphatic heterocycles. The molecule has 40 heavy (non-hydrogen) atoms. The van der Waals surface area contributed by atoms with Crippen LogP contribution in [0.1, 0.15) is 77.6 Å². The molecular weight excluding hydrogens is 518 g/mol. The minimum atomic E-state index is -0.712. The largest absolute Gasteiger partial charge is 0.478 e. The fraction of sp³-hybridized carbons (Fsp3) is 0.621. The number of ether oxygens (including phenoxy) is 4. The molecule has 222 valence electrons. The Hall–Kier alpha value is -3.63. The molecule has 1 aliphatic carbocycles. The van der Waals surface area contributed by atoms with E-state index in [-0.39, 0.29) is 53.0 Å². The van der Waals surface area contributed by atoms with Gasteiger partial charge in [-0.05, 0) is 85.4 Å². The number of likely N-dealkylation sites (N-methyl/N-ethyl adjacent to an activating group) is 1. The van der Waals surface area contributed by atoms with E-state index in [9.17, 15) is 19.2 Å². The number of ketones is 1. The number of nitrogens with two attached hydrogens (primary N) is 1. The first-order chi connectivity index (χ1) is 18.4. The molecule has 0 aromatic heterocycles. The molecule has 1 amide bonds. The molecule has 1 saturated carbocycles. The van der Waals surface area contributed by atoms with Gasteiger partial charge in [0.05, 0.1) is 12.4 Å². The quantitative estimate of drug-likeness (QED) is 0.178. The van der Waals surface area contributed by atoms with E-state index in [4.69, 9.17) is 30.1 Å². The van der Waals surface area contributed by atoms with Gasteiger partial charge in [0.1, 0.15) is 11.2 Å². The van der Waals surface area contributed by atoms with Crippen molar-refractivity contribution < 1.29 is 38.1 Å². The average molecular weight is 562 g/mol. The van der Waals surface area contributed by atoms with Gasteiger partial charge in [0.15, 0.2) is 30.5 Å². The molecule has 0 unspecified atom stereocenters. The van der Waals surface area contributed by atoms with Crippen LogP contribution in [0.3, 0.4) is 0 Å². The van der Waals surface area contributed by atoms with Crippen LogP contribution < -0.4 is 15.2 Å². The van der Waals surface area contributed by atoms with Gasteiger partial charge in [-0.3, -0.25) is 15.0 Å². The second kappa shape index (κ2) is 13.6. The molecule has 1 aromatic rings. The molecule has 3 N–H and O–H groups in total. The Labute approximate surface area is 236 Å². The monoisotopic (exact) mass is 561 g/mol. The molecule has 1 fully saturated rings. The van der Waals surface area contributed by atoms with Crippen molar-refractivity contribution in [2.75, 3.05) is 26.8 Å². The molecule has 11 nitrogen and oxygen atoms in total. The Bertz CT molecular complexity index is 1100. The zero-order chi connectivity index (χ0) is 30.3. The number of carbonyl (C=O) groups excluding carboxylic acids is 4. The van der Waals surface area contributed by atoms with Gasteiger partial charge in [0.2, 0.25) is 5.91 Å². The van der Waals surface area contributed by atoms with Crippen LogP contribution in [0.25, 0.3) is 0 Å². The third kappa shape index (κ3) is 10.9. The maximum atomic E-state index is 13.1. The van der Waals surface area contributed by atoms with Crippen molar-refractivity contribution >= 4 is 29.5 Å². The average Bonchev–Trinajstić information content (AvgIpc) is 2.83. The molecular formula is C29H43N3O8. The third-order valence-corrected chi connectivity index (χ3v) is 6.07. The first-order valence-electron chi connectivity index (χ1n) is 13.4. The Morgan fingerprint density at radius 1 is 0.850 bits per heavy atom. The number of hydrogen-bond acceptors (Lipinski definition) is 9. The molecule has 0 heterocycles. The van der Waals surface area contributed by atoms with Crippen molar-refractivity contribution in [3.63, 3.8) is 0 Å². The van der Waals surface area contributed by atoms with E-state index in [1.807, 2.05) is 0 Å². The van der Waals surface area contributed by atoms with Crippen molar-refractivity contribution in [2.45, 2.75) is 78.4 Å².